The molecular formula is C22H20FN5O2. The van der Waals surface area contributed by atoms with Crippen LogP contribution in [-0.4, -0.2) is 23.0 Å². The summed E-state index contributed by atoms with van der Waals surface area (Å²) < 4.78 is 25.1. The van der Waals surface area contributed by atoms with Crippen molar-refractivity contribution in [1.29, 1.82) is 10.7 Å². The molecule has 3 N–H and O–H groups in total. The Hall–Kier alpha value is -3.99. The minimum Gasteiger partial charge on any atom is -0.492 e. The number of nitrogens with one attached hydrogen (secondary N) is 1. The number of rotatable bonds is 6. The second-order valence-corrected chi connectivity index (χ2v) is 6.65. The summed E-state index contributed by atoms with van der Waals surface area (Å²) in [4.78, 5) is 0. The highest BCUT2D eigenvalue weighted by Crippen LogP contribution is 2.28. The van der Waals surface area contributed by atoms with Gasteiger partial charge in [-0.1, -0.05) is 0 Å². The zero-order valence-corrected chi connectivity index (χ0v) is 16.8. The van der Waals surface area contributed by atoms with Gasteiger partial charge in [0, 0.05) is 22.4 Å². The standard InChI is InChI=1S/C22H20FN5O2/c1-12-10-27-28-13(2)18(12)11-30-16-4-5-20(25)17(8-16)21(26)14-6-15(9-24)22(29-3)19(23)7-14/h4-8,10,26H,11,25H2,1-3H3. The van der Waals surface area contributed by atoms with E-state index in [0.717, 1.165) is 22.9 Å². The van der Waals surface area contributed by atoms with Gasteiger partial charge >= 0.3 is 0 Å². The van der Waals surface area contributed by atoms with Crippen molar-refractivity contribution in [2.75, 3.05) is 12.8 Å². The van der Waals surface area contributed by atoms with Crippen molar-refractivity contribution in [2.24, 2.45) is 0 Å². The quantitative estimate of drug-likeness (QED) is 0.477. The number of nitrogens with zero attached hydrogens (tertiary/aromatic N) is 3. The van der Waals surface area contributed by atoms with E-state index in [1.165, 1.54) is 13.2 Å². The Morgan fingerprint density at radius 3 is 2.70 bits per heavy atom. The van der Waals surface area contributed by atoms with Crippen molar-refractivity contribution in [3.63, 3.8) is 0 Å². The molecule has 7 nitrogen and oxygen atoms in total. The fourth-order valence-electron chi connectivity index (χ4n) is 3.02. The largest absolute Gasteiger partial charge is 0.492 e. The van der Waals surface area contributed by atoms with Crippen LogP contribution in [0, 0.1) is 36.4 Å². The molecule has 0 atom stereocenters. The molecule has 0 fully saturated rings. The second kappa shape index (κ2) is 8.57. The first-order valence-electron chi connectivity index (χ1n) is 9.02. The predicted molar refractivity (Wildman–Crippen MR) is 110 cm³/mol. The van der Waals surface area contributed by atoms with Crippen molar-refractivity contribution in [3.8, 4) is 17.6 Å². The molecule has 0 radical (unpaired) electrons. The summed E-state index contributed by atoms with van der Waals surface area (Å²) >= 11 is 0. The Kier molecular flexibility index (Phi) is 5.93. The third-order valence-electron chi connectivity index (χ3n) is 4.71. The topological polar surface area (TPSA) is 118 Å². The normalized spacial score (nSPS) is 10.4. The molecular weight excluding hydrogens is 385 g/mol. The second-order valence-electron chi connectivity index (χ2n) is 6.65. The smallest absolute Gasteiger partial charge is 0.172 e. The van der Waals surface area contributed by atoms with Gasteiger partial charge in [0.2, 0.25) is 0 Å². The molecule has 0 aliphatic rings. The van der Waals surface area contributed by atoms with E-state index in [-0.39, 0.29) is 29.2 Å². The van der Waals surface area contributed by atoms with Crippen molar-refractivity contribution >= 4 is 11.4 Å². The average molecular weight is 405 g/mol. The number of hydrogen-bond donors (Lipinski definition) is 2. The molecule has 3 aromatic rings. The minimum atomic E-state index is -0.724. The Labute approximate surface area is 173 Å². The molecule has 1 aromatic heterocycles. The Morgan fingerprint density at radius 1 is 1.27 bits per heavy atom. The Morgan fingerprint density at radius 2 is 2.03 bits per heavy atom. The maximum absolute atomic E-state index is 14.3. The molecule has 0 aliphatic carbocycles. The van der Waals surface area contributed by atoms with Crippen LogP contribution < -0.4 is 15.2 Å². The Balaban J connectivity index is 1.91. The number of anilines is 1. The number of nitrogen functional groups attached to an aromatic ring is 1. The van der Waals surface area contributed by atoms with Crippen LogP contribution >= 0.6 is 0 Å². The van der Waals surface area contributed by atoms with Crippen LogP contribution in [0.1, 0.15) is 33.5 Å². The van der Waals surface area contributed by atoms with E-state index in [1.807, 2.05) is 19.9 Å². The van der Waals surface area contributed by atoms with Gasteiger partial charge in [0.1, 0.15) is 18.4 Å². The summed E-state index contributed by atoms with van der Waals surface area (Å²) in [5, 5.41) is 25.7. The molecule has 1 heterocycles. The minimum absolute atomic E-state index is 0.000589. The molecule has 30 heavy (non-hydrogen) atoms. The van der Waals surface area contributed by atoms with E-state index in [1.54, 1.807) is 24.4 Å². The van der Waals surface area contributed by atoms with Gasteiger partial charge in [-0.05, 0) is 49.7 Å². The van der Waals surface area contributed by atoms with E-state index in [9.17, 15) is 9.65 Å². The van der Waals surface area contributed by atoms with Crippen LogP contribution in [0.15, 0.2) is 36.5 Å². The fraction of sp³-hybridized carbons (Fsp3) is 0.182. The lowest BCUT2D eigenvalue weighted by Gasteiger charge is -2.14. The van der Waals surface area contributed by atoms with Crippen LogP contribution in [-0.2, 0) is 6.61 Å². The highest BCUT2D eigenvalue weighted by Gasteiger charge is 2.17. The SMILES string of the molecule is COc1c(F)cc(C(=N)c2cc(OCc3c(C)cnnc3C)ccc2N)cc1C#N. The number of benzene rings is 2. The molecule has 0 bridgehead atoms. The maximum atomic E-state index is 14.3. The van der Waals surface area contributed by atoms with Crippen LogP contribution in [0.5, 0.6) is 11.5 Å². The molecule has 0 unspecified atom stereocenters. The first-order valence-corrected chi connectivity index (χ1v) is 9.02. The number of nitrogens with two attached hydrogens (primary N) is 1. The fourth-order valence-corrected chi connectivity index (χ4v) is 3.02. The van der Waals surface area contributed by atoms with Gasteiger partial charge < -0.3 is 15.2 Å². The van der Waals surface area contributed by atoms with Gasteiger partial charge in [-0.2, -0.15) is 15.5 Å². The molecule has 3 rings (SSSR count). The molecule has 0 aliphatic heterocycles. The highest BCUT2D eigenvalue weighted by atomic mass is 19.1. The Bertz CT molecular complexity index is 1150. The third kappa shape index (κ3) is 4.05. The van der Waals surface area contributed by atoms with Gasteiger partial charge in [0.25, 0.3) is 0 Å². The van der Waals surface area contributed by atoms with Crippen LogP contribution in [0.3, 0.4) is 0 Å². The van der Waals surface area contributed by atoms with Crippen LogP contribution in [0.25, 0.3) is 0 Å². The summed E-state index contributed by atoms with van der Waals surface area (Å²) in [6.07, 6.45) is 1.67. The van der Waals surface area contributed by atoms with E-state index in [0.29, 0.717) is 17.0 Å². The molecule has 152 valence electrons. The summed E-state index contributed by atoms with van der Waals surface area (Å²) in [5.41, 5.74) is 9.58. The van der Waals surface area contributed by atoms with Gasteiger partial charge in [-0.25, -0.2) is 4.39 Å². The highest BCUT2D eigenvalue weighted by molar-refractivity contribution is 6.14. The van der Waals surface area contributed by atoms with Gasteiger partial charge in [0.15, 0.2) is 11.6 Å². The van der Waals surface area contributed by atoms with Crippen LogP contribution in [0.2, 0.25) is 0 Å². The van der Waals surface area contributed by atoms with E-state index < -0.39 is 5.82 Å². The lowest BCUT2D eigenvalue weighted by atomic mass is 9.98. The molecule has 0 amide bonds. The maximum Gasteiger partial charge on any atom is 0.172 e. The lowest BCUT2D eigenvalue weighted by molar-refractivity contribution is 0.303. The van der Waals surface area contributed by atoms with Crippen LogP contribution in [0.4, 0.5) is 10.1 Å². The van der Waals surface area contributed by atoms with Crippen molar-refractivity contribution in [3.05, 3.63) is 75.9 Å². The van der Waals surface area contributed by atoms with E-state index in [4.69, 9.17) is 20.6 Å². The first-order chi connectivity index (χ1) is 14.3. The van der Waals surface area contributed by atoms with Crippen molar-refractivity contribution in [2.45, 2.75) is 20.5 Å². The zero-order chi connectivity index (χ0) is 21.8. The average Bonchev–Trinajstić information content (AvgIpc) is 2.73. The summed E-state index contributed by atoms with van der Waals surface area (Å²) in [5.74, 6) is -0.386. The third-order valence-corrected chi connectivity index (χ3v) is 4.71. The number of hydrogen-bond acceptors (Lipinski definition) is 7. The number of aryl methyl sites for hydroxylation is 2. The number of nitriles is 1. The first kappa shape index (κ1) is 20.7. The zero-order valence-electron chi connectivity index (χ0n) is 16.8. The molecule has 0 saturated carbocycles. The summed E-state index contributed by atoms with van der Waals surface area (Å²) in [6.45, 7) is 4.06. The molecule has 0 saturated heterocycles. The lowest BCUT2D eigenvalue weighted by Crippen LogP contribution is -2.08. The number of methoxy groups -OCH3 is 1. The van der Waals surface area contributed by atoms with E-state index in [2.05, 4.69) is 10.2 Å². The van der Waals surface area contributed by atoms with E-state index >= 15 is 0 Å². The summed E-state index contributed by atoms with van der Waals surface area (Å²) in [7, 11) is 1.28. The summed E-state index contributed by atoms with van der Waals surface area (Å²) in [6, 6.07) is 9.35. The predicted octanol–water partition coefficient (Wildman–Crippen LogP) is 3.69. The molecule has 8 heteroatoms. The number of halogens is 1. The van der Waals surface area contributed by atoms with Gasteiger partial charge in [-0.15, -0.1) is 0 Å². The number of aromatic nitrogens is 2. The molecule has 0 spiro atoms. The van der Waals surface area contributed by atoms with Gasteiger partial charge in [-0.3, -0.25) is 5.41 Å². The molecule has 2 aromatic carbocycles. The monoisotopic (exact) mass is 405 g/mol. The van der Waals surface area contributed by atoms with Crippen molar-refractivity contribution in [1.82, 2.24) is 10.2 Å². The number of ether oxygens (including phenoxy) is 2. The van der Waals surface area contributed by atoms with Crippen molar-refractivity contribution < 1.29 is 13.9 Å². The van der Waals surface area contributed by atoms with Gasteiger partial charge in [0.05, 0.1) is 30.3 Å².